The van der Waals surface area contributed by atoms with E-state index in [4.69, 9.17) is 0 Å². The first-order valence-electron chi connectivity index (χ1n) is 5.67. The Morgan fingerprint density at radius 3 is 2.33 bits per heavy atom. The molecule has 0 saturated heterocycles. The first kappa shape index (κ1) is 14.9. The molecule has 0 spiro atoms. The molecule has 0 aliphatic rings. The zero-order valence-corrected chi connectivity index (χ0v) is 12.0. The predicted molar refractivity (Wildman–Crippen MR) is 73.7 cm³/mol. The van der Waals surface area contributed by atoms with E-state index in [-0.39, 0.29) is 6.54 Å². The van der Waals surface area contributed by atoms with Crippen molar-refractivity contribution in [1.82, 2.24) is 0 Å². The van der Waals surface area contributed by atoms with Gasteiger partial charge in [-0.1, -0.05) is 18.2 Å². The van der Waals surface area contributed by atoms with Gasteiger partial charge in [0.2, 0.25) is 0 Å². The summed E-state index contributed by atoms with van der Waals surface area (Å²) in [6, 6.07) is 9.22. The van der Waals surface area contributed by atoms with Crippen LogP contribution in [0.25, 0.3) is 0 Å². The minimum Gasteiger partial charge on any atom is -0.593 e. The highest BCUT2D eigenvalue weighted by molar-refractivity contribution is 7.94. The minimum atomic E-state index is -1.32. The molecule has 5 heteroatoms. The maximum absolute atomic E-state index is 12.4. The molecule has 0 radical (unpaired) electrons. The van der Waals surface area contributed by atoms with Gasteiger partial charge in [0.1, 0.15) is 4.75 Å². The van der Waals surface area contributed by atoms with Gasteiger partial charge in [0.15, 0.2) is 6.54 Å². The van der Waals surface area contributed by atoms with Gasteiger partial charge < -0.3 is 9.29 Å². The van der Waals surface area contributed by atoms with E-state index < -0.39 is 22.1 Å². The van der Waals surface area contributed by atoms with Crippen LogP contribution in [0.2, 0.25) is 0 Å². The third-order valence-corrected chi connectivity index (χ3v) is 4.06. The summed E-state index contributed by atoms with van der Waals surface area (Å²) in [5.41, 5.74) is 0.746. The number of ether oxygens (including phenoxy) is 1. The molecule has 18 heavy (non-hydrogen) atoms. The van der Waals surface area contributed by atoms with Crippen molar-refractivity contribution in [2.24, 2.45) is 0 Å². The maximum Gasteiger partial charge on any atom is 0.330 e. The van der Waals surface area contributed by atoms with E-state index in [1.165, 1.54) is 7.11 Å². The van der Waals surface area contributed by atoms with Gasteiger partial charge in [-0.05, 0) is 32.9 Å². The van der Waals surface area contributed by atoms with Crippen molar-refractivity contribution in [2.75, 3.05) is 18.0 Å². The van der Waals surface area contributed by atoms with Crippen molar-refractivity contribution in [3.05, 3.63) is 30.3 Å². The Balaban J connectivity index is 2.99. The van der Waals surface area contributed by atoms with Crippen molar-refractivity contribution < 1.29 is 14.1 Å². The molecular formula is C13H19NO3S. The van der Waals surface area contributed by atoms with Crippen molar-refractivity contribution in [3.8, 4) is 0 Å². The van der Waals surface area contributed by atoms with Crippen LogP contribution in [-0.4, -0.2) is 28.9 Å². The van der Waals surface area contributed by atoms with Gasteiger partial charge in [-0.2, -0.15) is 4.31 Å². The van der Waals surface area contributed by atoms with Gasteiger partial charge in [0, 0.05) is 0 Å². The van der Waals surface area contributed by atoms with E-state index in [0.717, 1.165) is 5.69 Å². The molecule has 0 unspecified atom stereocenters. The fraction of sp³-hybridized carbons (Fsp3) is 0.462. The van der Waals surface area contributed by atoms with Gasteiger partial charge in [0.25, 0.3) is 0 Å². The average Bonchev–Trinajstić information content (AvgIpc) is 2.34. The first-order valence-corrected chi connectivity index (χ1v) is 6.78. The van der Waals surface area contributed by atoms with E-state index in [9.17, 15) is 9.35 Å². The highest BCUT2D eigenvalue weighted by Crippen LogP contribution is 2.26. The van der Waals surface area contributed by atoms with Crippen molar-refractivity contribution >= 4 is 23.0 Å². The van der Waals surface area contributed by atoms with Crippen LogP contribution in [0.1, 0.15) is 20.8 Å². The number of hydrogen-bond acceptors (Lipinski definition) is 4. The van der Waals surface area contributed by atoms with E-state index in [1.54, 1.807) is 4.31 Å². The van der Waals surface area contributed by atoms with Crippen molar-refractivity contribution in [1.29, 1.82) is 0 Å². The van der Waals surface area contributed by atoms with Crippen molar-refractivity contribution in [2.45, 2.75) is 25.5 Å². The summed E-state index contributed by atoms with van der Waals surface area (Å²) in [7, 11) is 1.32. The molecule has 0 saturated carbocycles. The molecule has 0 fully saturated rings. The van der Waals surface area contributed by atoms with E-state index in [1.807, 2.05) is 51.1 Å². The minimum absolute atomic E-state index is 0.0234. The van der Waals surface area contributed by atoms with Crippen LogP contribution in [0, 0.1) is 0 Å². The summed E-state index contributed by atoms with van der Waals surface area (Å²) in [5, 5.41) is 0. The lowest BCUT2D eigenvalue weighted by molar-refractivity contribution is -0.138. The third-order valence-electron chi connectivity index (χ3n) is 2.27. The number of esters is 1. The lowest BCUT2D eigenvalue weighted by Crippen LogP contribution is -2.45. The normalized spacial score (nSPS) is 12.9. The number of hydrogen-bond donors (Lipinski definition) is 0. The van der Waals surface area contributed by atoms with E-state index in [2.05, 4.69) is 4.74 Å². The van der Waals surface area contributed by atoms with Gasteiger partial charge >= 0.3 is 5.97 Å². The molecule has 0 aliphatic carbocycles. The molecular weight excluding hydrogens is 250 g/mol. The average molecular weight is 269 g/mol. The third kappa shape index (κ3) is 3.92. The van der Waals surface area contributed by atoms with Crippen LogP contribution in [-0.2, 0) is 20.9 Å². The van der Waals surface area contributed by atoms with Crippen LogP contribution in [0.15, 0.2) is 30.3 Å². The monoisotopic (exact) mass is 269 g/mol. The summed E-state index contributed by atoms with van der Waals surface area (Å²) < 4.78 is 18.2. The summed E-state index contributed by atoms with van der Waals surface area (Å²) >= 11 is -1.32. The molecule has 0 aliphatic heterocycles. The Bertz CT molecular complexity index is 389. The summed E-state index contributed by atoms with van der Waals surface area (Å²) in [6.07, 6.45) is 0. The van der Waals surface area contributed by atoms with Crippen LogP contribution in [0.5, 0.6) is 0 Å². The van der Waals surface area contributed by atoms with Gasteiger partial charge in [-0.3, -0.25) is 0 Å². The second kappa shape index (κ2) is 6.11. The van der Waals surface area contributed by atoms with Crippen LogP contribution >= 0.6 is 0 Å². The van der Waals surface area contributed by atoms with E-state index >= 15 is 0 Å². The predicted octanol–water partition coefficient (Wildman–Crippen LogP) is 2.13. The number of rotatable bonds is 4. The number of nitrogens with zero attached hydrogens (tertiary/aromatic N) is 1. The molecule has 0 amide bonds. The van der Waals surface area contributed by atoms with Crippen LogP contribution in [0.3, 0.4) is 0 Å². The lowest BCUT2D eigenvalue weighted by atomic mass is 10.3. The quantitative estimate of drug-likeness (QED) is 0.620. The molecule has 0 N–H and O–H groups in total. The zero-order chi connectivity index (χ0) is 13.8. The van der Waals surface area contributed by atoms with Crippen LogP contribution < -0.4 is 4.31 Å². The van der Waals surface area contributed by atoms with Gasteiger partial charge in [0.05, 0.1) is 24.2 Å². The van der Waals surface area contributed by atoms with E-state index in [0.29, 0.717) is 0 Å². The molecule has 100 valence electrons. The summed E-state index contributed by atoms with van der Waals surface area (Å²) in [6.45, 7) is 5.59. The Kier molecular flexibility index (Phi) is 5.04. The Labute approximate surface area is 111 Å². The number of carbonyl (C=O) groups excluding carboxylic acids is 1. The fourth-order valence-corrected chi connectivity index (χ4v) is 2.55. The Hall–Kier alpha value is -1.20. The van der Waals surface area contributed by atoms with Crippen LogP contribution in [0.4, 0.5) is 5.69 Å². The Morgan fingerprint density at radius 1 is 1.33 bits per heavy atom. The summed E-state index contributed by atoms with van der Waals surface area (Å²) in [4.78, 5) is 11.4. The molecule has 1 atom stereocenters. The molecule has 0 aromatic heterocycles. The number of para-hydroxylation sites is 1. The number of anilines is 1. The SMILES string of the molecule is COC(=O)CN(c1ccccc1)[S@@+]([O-])C(C)(C)C. The summed E-state index contributed by atoms with van der Waals surface area (Å²) in [5.74, 6) is -0.406. The highest BCUT2D eigenvalue weighted by Gasteiger charge is 2.34. The second-order valence-corrected chi connectivity index (χ2v) is 6.97. The molecule has 1 rings (SSSR count). The number of benzene rings is 1. The first-order chi connectivity index (χ1) is 8.36. The molecule has 0 bridgehead atoms. The molecule has 4 nitrogen and oxygen atoms in total. The largest absolute Gasteiger partial charge is 0.593 e. The lowest BCUT2D eigenvalue weighted by Gasteiger charge is -2.32. The molecule has 0 heterocycles. The molecule has 1 aromatic rings. The standard InChI is InChI=1S/C13H19NO3S/c1-13(2,3)18(16)14(10-12(15)17-4)11-8-6-5-7-9-11/h5-9H,10H2,1-4H3/t18-/m0/s1. The second-order valence-electron chi connectivity index (χ2n) is 4.81. The maximum atomic E-state index is 12.4. The zero-order valence-electron chi connectivity index (χ0n) is 11.2. The highest BCUT2D eigenvalue weighted by atomic mass is 32.2. The van der Waals surface area contributed by atoms with Crippen molar-refractivity contribution in [3.63, 3.8) is 0 Å². The number of methoxy groups -OCH3 is 1. The fourth-order valence-electron chi connectivity index (χ4n) is 1.35. The Morgan fingerprint density at radius 2 is 1.89 bits per heavy atom. The topological polar surface area (TPSA) is 52.6 Å². The number of carbonyl (C=O) groups is 1. The van der Waals surface area contributed by atoms with Gasteiger partial charge in [-0.15, -0.1) is 0 Å². The molecule has 1 aromatic carbocycles. The van der Waals surface area contributed by atoms with Gasteiger partial charge in [-0.25, -0.2) is 4.79 Å². The smallest absolute Gasteiger partial charge is 0.330 e.